The lowest BCUT2D eigenvalue weighted by atomic mass is 10.1. The van der Waals surface area contributed by atoms with E-state index in [1.807, 2.05) is 0 Å². The van der Waals surface area contributed by atoms with Gasteiger partial charge in [0.15, 0.2) is 6.61 Å². The summed E-state index contributed by atoms with van der Waals surface area (Å²) in [6, 6.07) is 6.98. The van der Waals surface area contributed by atoms with Gasteiger partial charge in [-0.15, -0.1) is 6.58 Å². The topological polar surface area (TPSA) is 38.8 Å². The van der Waals surface area contributed by atoms with Gasteiger partial charge in [-0.25, -0.2) is 0 Å². The first-order valence-electron chi connectivity index (χ1n) is 7.07. The van der Waals surface area contributed by atoms with Gasteiger partial charge >= 0.3 is 0 Å². The van der Waals surface area contributed by atoms with Gasteiger partial charge in [-0.1, -0.05) is 17.7 Å². The van der Waals surface area contributed by atoms with Gasteiger partial charge in [0.05, 0.1) is 12.7 Å². The number of amides is 1. The molecule has 114 valence electrons. The first-order chi connectivity index (χ1) is 10.2. The fourth-order valence-corrected chi connectivity index (χ4v) is 2.40. The summed E-state index contributed by atoms with van der Waals surface area (Å²) < 4.78 is 11.1. The number of ether oxygens (including phenoxy) is 2. The van der Waals surface area contributed by atoms with Crippen LogP contribution in [0.5, 0.6) is 5.75 Å². The smallest absolute Gasteiger partial charge is 0.260 e. The summed E-state index contributed by atoms with van der Waals surface area (Å²) in [5.74, 6) is 0.626. The second kappa shape index (κ2) is 8.05. The average Bonchev–Trinajstić information content (AvgIpc) is 2.52. The van der Waals surface area contributed by atoms with Crippen LogP contribution in [0.3, 0.4) is 0 Å². The third kappa shape index (κ3) is 5.06. The van der Waals surface area contributed by atoms with E-state index in [1.165, 1.54) is 0 Å². The van der Waals surface area contributed by atoms with Crippen LogP contribution in [0.2, 0.25) is 5.02 Å². The molecule has 1 atom stereocenters. The molecule has 1 aliphatic heterocycles. The molecule has 1 amide bonds. The number of nitrogens with zero attached hydrogens (tertiary/aromatic N) is 1. The Morgan fingerprint density at radius 3 is 2.90 bits per heavy atom. The molecule has 1 aromatic rings. The van der Waals surface area contributed by atoms with E-state index in [2.05, 4.69) is 6.58 Å². The number of likely N-dealkylation sites (tertiary alicyclic amines) is 1. The molecule has 1 heterocycles. The van der Waals surface area contributed by atoms with Crippen molar-refractivity contribution in [3.05, 3.63) is 41.9 Å². The summed E-state index contributed by atoms with van der Waals surface area (Å²) in [6.07, 6.45) is 3.76. The van der Waals surface area contributed by atoms with Crippen LogP contribution in [-0.4, -0.2) is 43.2 Å². The van der Waals surface area contributed by atoms with Crippen LogP contribution in [0.15, 0.2) is 36.9 Å². The predicted molar refractivity (Wildman–Crippen MR) is 82.7 cm³/mol. The zero-order valence-electron chi connectivity index (χ0n) is 12.0. The van der Waals surface area contributed by atoms with Crippen LogP contribution in [0.1, 0.15) is 12.8 Å². The summed E-state index contributed by atoms with van der Waals surface area (Å²) in [5, 5.41) is 0.645. The van der Waals surface area contributed by atoms with E-state index in [9.17, 15) is 4.79 Å². The van der Waals surface area contributed by atoms with Gasteiger partial charge in [0.2, 0.25) is 0 Å². The molecule has 4 nitrogen and oxygen atoms in total. The Bertz CT molecular complexity index is 475. The molecule has 0 saturated carbocycles. The molecular formula is C16H20ClNO3. The van der Waals surface area contributed by atoms with Crippen molar-refractivity contribution < 1.29 is 14.3 Å². The molecule has 2 rings (SSSR count). The Balaban J connectivity index is 1.79. The van der Waals surface area contributed by atoms with E-state index in [0.717, 1.165) is 19.4 Å². The summed E-state index contributed by atoms with van der Waals surface area (Å²) in [6.45, 7) is 5.58. The van der Waals surface area contributed by atoms with Crippen LogP contribution in [0.4, 0.5) is 0 Å². The van der Waals surface area contributed by atoms with E-state index in [0.29, 0.717) is 23.9 Å². The van der Waals surface area contributed by atoms with Crippen molar-refractivity contribution in [1.82, 2.24) is 4.90 Å². The zero-order valence-corrected chi connectivity index (χ0v) is 12.7. The number of halogens is 1. The van der Waals surface area contributed by atoms with Gasteiger partial charge in [0.25, 0.3) is 5.91 Å². The monoisotopic (exact) mass is 309 g/mol. The van der Waals surface area contributed by atoms with Gasteiger partial charge < -0.3 is 14.4 Å². The van der Waals surface area contributed by atoms with Crippen LogP contribution >= 0.6 is 11.6 Å². The highest BCUT2D eigenvalue weighted by molar-refractivity contribution is 6.30. The molecule has 5 heteroatoms. The molecule has 0 N–H and O–H groups in total. The van der Waals surface area contributed by atoms with Crippen molar-refractivity contribution in [1.29, 1.82) is 0 Å². The van der Waals surface area contributed by atoms with Crippen molar-refractivity contribution in [2.75, 3.05) is 26.3 Å². The first-order valence-corrected chi connectivity index (χ1v) is 7.45. The molecule has 0 radical (unpaired) electrons. The van der Waals surface area contributed by atoms with Crippen LogP contribution in [0.25, 0.3) is 0 Å². The Hall–Kier alpha value is -1.52. The summed E-state index contributed by atoms with van der Waals surface area (Å²) in [7, 11) is 0. The highest BCUT2D eigenvalue weighted by Crippen LogP contribution is 2.17. The maximum atomic E-state index is 12.2. The lowest BCUT2D eigenvalue weighted by Gasteiger charge is -2.32. The minimum Gasteiger partial charge on any atom is -0.484 e. The SMILES string of the molecule is C=CCO[C@@H]1CCCN(C(=O)COc2ccc(Cl)cc2)C1. The molecule has 0 bridgehead atoms. The Kier molecular flexibility index (Phi) is 6.08. The Labute approximate surface area is 130 Å². The molecule has 0 unspecified atom stereocenters. The average molecular weight is 310 g/mol. The largest absolute Gasteiger partial charge is 0.484 e. The fraction of sp³-hybridized carbons (Fsp3) is 0.438. The maximum Gasteiger partial charge on any atom is 0.260 e. The fourth-order valence-electron chi connectivity index (χ4n) is 2.27. The van der Waals surface area contributed by atoms with Crippen molar-refractivity contribution in [3.63, 3.8) is 0 Å². The highest BCUT2D eigenvalue weighted by Gasteiger charge is 2.24. The molecule has 0 spiro atoms. The van der Waals surface area contributed by atoms with Crippen molar-refractivity contribution >= 4 is 17.5 Å². The third-order valence-electron chi connectivity index (χ3n) is 3.36. The normalized spacial score (nSPS) is 18.3. The number of piperidine rings is 1. The molecule has 1 fully saturated rings. The summed E-state index contributed by atoms with van der Waals surface area (Å²) >= 11 is 5.80. The standard InChI is InChI=1S/C16H20ClNO3/c1-2-10-20-15-4-3-9-18(11-15)16(19)12-21-14-7-5-13(17)6-8-14/h2,5-8,15H,1,3-4,9-12H2/t15-/m1/s1. The lowest BCUT2D eigenvalue weighted by molar-refractivity contribution is -0.137. The van der Waals surface area contributed by atoms with Crippen LogP contribution in [0, 0.1) is 0 Å². The second-order valence-corrected chi connectivity index (χ2v) is 5.41. The first kappa shape index (κ1) is 15.9. The minimum atomic E-state index is -0.0168. The van der Waals surface area contributed by atoms with Gasteiger partial charge in [-0.05, 0) is 37.1 Å². The van der Waals surface area contributed by atoms with E-state index >= 15 is 0 Å². The van der Waals surface area contributed by atoms with Crippen LogP contribution in [-0.2, 0) is 9.53 Å². The quantitative estimate of drug-likeness (QED) is 0.758. The van der Waals surface area contributed by atoms with E-state index in [-0.39, 0.29) is 18.6 Å². The number of benzene rings is 1. The summed E-state index contributed by atoms with van der Waals surface area (Å²) in [4.78, 5) is 14.0. The number of carbonyl (C=O) groups excluding carboxylic acids is 1. The number of hydrogen-bond acceptors (Lipinski definition) is 3. The number of carbonyl (C=O) groups is 1. The van der Waals surface area contributed by atoms with Gasteiger partial charge in [0, 0.05) is 18.1 Å². The summed E-state index contributed by atoms with van der Waals surface area (Å²) in [5.41, 5.74) is 0. The molecule has 1 aliphatic rings. The van der Waals surface area contributed by atoms with E-state index in [4.69, 9.17) is 21.1 Å². The number of hydrogen-bond donors (Lipinski definition) is 0. The van der Waals surface area contributed by atoms with Gasteiger partial charge in [-0.3, -0.25) is 4.79 Å². The molecule has 1 aromatic carbocycles. The Morgan fingerprint density at radius 2 is 2.19 bits per heavy atom. The predicted octanol–water partition coefficient (Wildman–Crippen LogP) is 2.91. The molecule has 0 aliphatic carbocycles. The zero-order chi connectivity index (χ0) is 15.1. The second-order valence-electron chi connectivity index (χ2n) is 4.97. The Morgan fingerprint density at radius 1 is 1.43 bits per heavy atom. The molecule has 0 aromatic heterocycles. The van der Waals surface area contributed by atoms with E-state index in [1.54, 1.807) is 35.2 Å². The van der Waals surface area contributed by atoms with Crippen molar-refractivity contribution in [3.8, 4) is 5.75 Å². The number of rotatable bonds is 6. The highest BCUT2D eigenvalue weighted by atomic mass is 35.5. The van der Waals surface area contributed by atoms with Crippen molar-refractivity contribution in [2.24, 2.45) is 0 Å². The maximum absolute atomic E-state index is 12.2. The van der Waals surface area contributed by atoms with Crippen LogP contribution < -0.4 is 4.74 Å². The molecular weight excluding hydrogens is 290 g/mol. The minimum absolute atomic E-state index is 0.0168. The lowest BCUT2D eigenvalue weighted by Crippen LogP contribution is -2.45. The third-order valence-corrected chi connectivity index (χ3v) is 3.61. The van der Waals surface area contributed by atoms with Gasteiger partial charge in [-0.2, -0.15) is 0 Å². The molecule has 21 heavy (non-hydrogen) atoms. The molecule has 1 saturated heterocycles. The van der Waals surface area contributed by atoms with Crippen molar-refractivity contribution in [2.45, 2.75) is 18.9 Å². The van der Waals surface area contributed by atoms with Gasteiger partial charge in [0.1, 0.15) is 5.75 Å². The van der Waals surface area contributed by atoms with E-state index < -0.39 is 0 Å².